The zero-order valence-electron chi connectivity index (χ0n) is 12.9. The molecule has 0 radical (unpaired) electrons. The monoisotopic (exact) mass is 283 g/mol. The smallest absolute Gasteiger partial charge is 0.133 e. The first kappa shape index (κ1) is 14.6. The fourth-order valence-electron chi connectivity index (χ4n) is 3.11. The average Bonchev–Trinajstić information content (AvgIpc) is 3.26. The van der Waals surface area contributed by atoms with Crippen molar-refractivity contribution >= 4 is 0 Å². The molecule has 112 valence electrons. The van der Waals surface area contributed by atoms with Crippen LogP contribution in [-0.2, 0) is 5.54 Å². The SMILES string of the molecule is CN(CCC(C#N)(NC1CC1)c1ccccc1)C1CCC1. The molecule has 1 unspecified atom stereocenters. The highest BCUT2D eigenvalue weighted by atomic mass is 15.1. The van der Waals surface area contributed by atoms with Gasteiger partial charge in [-0.3, -0.25) is 5.32 Å². The van der Waals surface area contributed by atoms with Gasteiger partial charge in [-0.15, -0.1) is 0 Å². The lowest BCUT2D eigenvalue weighted by atomic mass is 9.86. The molecule has 2 fully saturated rings. The van der Waals surface area contributed by atoms with E-state index < -0.39 is 5.54 Å². The first-order valence-electron chi connectivity index (χ1n) is 8.18. The zero-order chi connectivity index (χ0) is 14.7. The van der Waals surface area contributed by atoms with Crippen LogP contribution in [0.1, 0.15) is 44.1 Å². The molecule has 21 heavy (non-hydrogen) atoms. The summed E-state index contributed by atoms with van der Waals surface area (Å²) in [7, 11) is 2.20. The summed E-state index contributed by atoms with van der Waals surface area (Å²) in [5, 5.41) is 13.5. The molecule has 3 nitrogen and oxygen atoms in total. The van der Waals surface area contributed by atoms with Gasteiger partial charge in [-0.1, -0.05) is 36.8 Å². The van der Waals surface area contributed by atoms with Crippen LogP contribution < -0.4 is 5.32 Å². The Bertz CT molecular complexity index is 499. The van der Waals surface area contributed by atoms with E-state index in [1.165, 1.54) is 32.1 Å². The van der Waals surface area contributed by atoms with Crippen molar-refractivity contribution in [1.82, 2.24) is 10.2 Å². The molecule has 1 aromatic rings. The van der Waals surface area contributed by atoms with Crippen molar-refractivity contribution in [2.45, 2.75) is 56.1 Å². The molecule has 0 spiro atoms. The summed E-state index contributed by atoms with van der Waals surface area (Å²) < 4.78 is 0. The van der Waals surface area contributed by atoms with Crippen LogP contribution in [0.25, 0.3) is 0 Å². The van der Waals surface area contributed by atoms with Crippen LogP contribution in [0.4, 0.5) is 0 Å². The highest BCUT2D eigenvalue weighted by Crippen LogP contribution is 2.32. The van der Waals surface area contributed by atoms with E-state index in [4.69, 9.17) is 0 Å². The van der Waals surface area contributed by atoms with Crippen molar-refractivity contribution < 1.29 is 0 Å². The molecule has 0 saturated heterocycles. The van der Waals surface area contributed by atoms with Gasteiger partial charge in [-0.2, -0.15) is 5.26 Å². The standard InChI is InChI=1S/C18H25N3/c1-21(17-8-5-9-17)13-12-18(14-19,20-16-10-11-16)15-6-3-2-4-7-15/h2-4,6-7,16-17,20H,5,8-13H2,1H3. The van der Waals surface area contributed by atoms with E-state index in [1.54, 1.807) is 0 Å². The van der Waals surface area contributed by atoms with Crippen molar-refractivity contribution in [1.29, 1.82) is 5.26 Å². The molecule has 0 aromatic heterocycles. The Hall–Kier alpha value is -1.37. The van der Waals surface area contributed by atoms with E-state index >= 15 is 0 Å². The number of hydrogen-bond acceptors (Lipinski definition) is 3. The lowest BCUT2D eigenvalue weighted by Crippen LogP contribution is -2.46. The summed E-state index contributed by atoms with van der Waals surface area (Å²) in [6.45, 7) is 0.979. The third-order valence-corrected chi connectivity index (χ3v) is 5.02. The Morgan fingerprint density at radius 2 is 1.95 bits per heavy atom. The predicted molar refractivity (Wildman–Crippen MR) is 84.8 cm³/mol. The maximum absolute atomic E-state index is 9.90. The molecule has 3 heteroatoms. The van der Waals surface area contributed by atoms with Crippen molar-refractivity contribution in [2.24, 2.45) is 0 Å². The van der Waals surface area contributed by atoms with Gasteiger partial charge in [-0.05, 0) is 44.7 Å². The molecule has 0 bridgehead atoms. The molecule has 1 aromatic carbocycles. The Morgan fingerprint density at radius 3 is 2.48 bits per heavy atom. The highest BCUT2D eigenvalue weighted by molar-refractivity contribution is 5.32. The first-order chi connectivity index (χ1) is 10.2. The normalized spacial score (nSPS) is 21.6. The summed E-state index contributed by atoms with van der Waals surface area (Å²) in [5.74, 6) is 0. The molecule has 2 aliphatic carbocycles. The zero-order valence-corrected chi connectivity index (χ0v) is 12.9. The van der Waals surface area contributed by atoms with Crippen LogP contribution in [-0.4, -0.2) is 30.6 Å². The van der Waals surface area contributed by atoms with Crippen LogP contribution in [0, 0.1) is 11.3 Å². The predicted octanol–water partition coefficient (Wildman–Crippen LogP) is 3.03. The Labute approximate surface area is 128 Å². The molecular formula is C18H25N3. The van der Waals surface area contributed by atoms with E-state index in [-0.39, 0.29) is 0 Å². The van der Waals surface area contributed by atoms with Crippen molar-refractivity contribution in [2.75, 3.05) is 13.6 Å². The minimum atomic E-state index is -0.527. The number of rotatable bonds is 7. The van der Waals surface area contributed by atoms with E-state index in [0.717, 1.165) is 24.6 Å². The largest absolute Gasteiger partial charge is 0.303 e. The maximum Gasteiger partial charge on any atom is 0.133 e. The van der Waals surface area contributed by atoms with Gasteiger partial charge in [-0.25, -0.2) is 0 Å². The molecule has 0 aliphatic heterocycles. The number of nitrogens with zero attached hydrogens (tertiary/aromatic N) is 2. The van der Waals surface area contributed by atoms with Crippen LogP contribution in [0.3, 0.4) is 0 Å². The second-order valence-electron chi connectivity index (χ2n) is 6.62. The highest BCUT2D eigenvalue weighted by Gasteiger charge is 2.38. The van der Waals surface area contributed by atoms with Gasteiger partial charge in [0.1, 0.15) is 5.54 Å². The van der Waals surface area contributed by atoms with Crippen LogP contribution in [0.15, 0.2) is 30.3 Å². The lowest BCUT2D eigenvalue weighted by Gasteiger charge is -2.37. The van der Waals surface area contributed by atoms with Crippen molar-refractivity contribution in [3.63, 3.8) is 0 Å². The number of benzene rings is 1. The van der Waals surface area contributed by atoms with Gasteiger partial charge in [0.05, 0.1) is 6.07 Å². The fraction of sp³-hybridized carbons (Fsp3) is 0.611. The molecule has 2 aliphatic rings. The van der Waals surface area contributed by atoms with Gasteiger partial charge in [0.15, 0.2) is 0 Å². The fourth-order valence-corrected chi connectivity index (χ4v) is 3.11. The number of nitriles is 1. The molecule has 0 amide bonds. The Morgan fingerprint density at radius 1 is 1.24 bits per heavy atom. The van der Waals surface area contributed by atoms with Gasteiger partial charge >= 0.3 is 0 Å². The molecule has 0 heterocycles. The topological polar surface area (TPSA) is 39.1 Å². The quantitative estimate of drug-likeness (QED) is 0.836. The molecular weight excluding hydrogens is 258 g/mol. The second kappa shape index (κ2) is 6.17. The third-order valence-electron chi connectivity index (χ3n) is 5.02. The molecule has 2 saturated carbocycles. The van der Waals surface area contributed by atoms with Gasteiger partial charge in [0.2, 0.25) is 0 Å². The van der Waals surface area contributed by atoms with Crippen LogP contribution in [0.2, 0.25) is 0 Å². The van der Waals surface area contributed by atoms with Crippen molar-refractivity contribution in [3.8, 4) is 6.07 Å². The molecule has 1 atom stereocenters. The minimum Gasteiger partial charge on any atom is -0.303 e. The van der Waals surface area contributed by atoms with Gasteiger partial charge in [0, 0.05) is 18.6 Å². The van der Waals surface area contributed by atoms with Gasteiger partial charge < -0.3 is 4.90 Å². The summed E-state index contributed by atoms with van der Waals surface area (Å²) in [6, 6.07) is 14.1. The van der Waals surface area contributed by atoms with E-state index in [2.05, 4.69) is 35.5 Å². The van der Waals surface area contributed by atoms with Gasteiger partial charge in [0.25, 0.3) is 0 Å². The van der Waals surface area contributed by atoms with Crippen LogP contribution >= 0.6 is 0 Å². The maximum atomic E-state index is 9.90. The third kappa shape index (κ3) is 3.28. The average molecular weight is 283 g/mol. The Kier molecular flexibility index (Phi) is 4.28. The van der Waals surface area contributed by atoms with Crippen LogP contribution in [0.5, 0.6) is 0 Å². The summed E-state index contributed by atoms with van der Waals surface area (Å²) in [6.07, 6.45) is 7.26. The lowest BCUT2D eigenvalue weighted by molar-refractivity contribution is 0.147. The summed E-state index contributed by atoms with van der Waals surface area (Å²) >= 11 is 0. The number of hydrogen-bond donors (Lipinski definition) is 1. The molecule has 3 rings (SSSR count). The minimum absolute atomic E-state index is 0.527. The van der Waals surface area contributed by atoms with E-state index in [9.17, 15) is 5.26 Å². The summed E-state index contributed by atoms with van der Waals surface area (Å²) in [5.41, 5.74) is 0.585. The second-order valence-corrected chi connectivity index (χ2v) is 6.62. The first-order valence-corrected chi connectivity index (χ1v) is 8.18. The van der Waals surface area contributed by atoms with Crippen molar-refractivity contribution in [3.05, 3.63) is 35.9 Å². The number of nitrogens with one attached hydrogen (secondary N) is 1. The molecule has 1 N–H and O–H groups in total. The Balaban J connectivity index is 1.73. The summed E-state index contributed by atoms with van der Waals surface area (Å²) in [4.78, 5) is 2.44. The van der Waals surface area contributed by atoms with E-state index in [0.29, 0.717) is 6.04 Å². The van der Waals surface area contributed by atoms with E-state index in [1.807, 2.05) is 18.2 Å².